The van der Waals surface area contributed by atoms with E-state index >= 15 is 0 Å². The van der Waals surface area contributed by atoms with Crippen LogP contribution in [0.3, 0.4) is 0 Å². The lowest BCUT2D eigenvalue weighted by Crippen LogP contribution is -2.62. The molecule has 21 heteroatoms. The minimum Gasteiger partial charge on any atom is -0.454 e. The van der Waals surface area contributed by atoms with Crippen LogP contribution in [0.1, 0.15) is 80.6 Å². The number of carbonyl (C=O) groups is 1. The number of esters is 1. The Morgan fingerprint density at radius 3 is 1.05 bits per heavy atom. The number of aliphatic hydroxyl groups excluding tert-OH is 2. The van der Waals surface area contributed by atoms with Crippen LogP contribution in [0, 0.1) is 0 Å². The molecule has 0 amide bonds. The molecule has 0 aromatic rings. The largest absolute Gasteiger partial charge is 0.454 e. The van der Waals surface area contributed by atoms with Crippen molar-refractivity contribution >= 4 is 5.97 Å². The summed E-state index contributed by atoms with van der Waals surface area (Å²) in [7, 11) is 9.46. The number of rotatable bonds is 17. The summed E-state index contributed by atoms with van der Waals surface area (Å²) in [6.07, 6.45) is -13.6. The molecule has 6 saturated heterocycles. The van der Waals surface area contributed by atoms with Gasteiger partial charge in [0, 0.05) is 81.7 Å². The number of ether oxygens (including phenoxy) is 18. The van der Waals surface area contributed by atoms with Gasteiger partial charge in [-0.15, -0.1) is 0 Å². The molecule has 6 aliphatic heterocycles. The molecule has 0 spiro atoms. The van der Waals surface area contributed by atoms with Gasteiger partial charge in [-0.2, -0.15) is 0 Å². The molecule has 6 rings (SSSR count). The van der Waals surface area contributed by atoms with E-state index in [0.29, 0.717) is 25.7 Å². The molecule has 2 N–H and O–H groups in total. The maximum atomic E-state index is 12.0. The van der Waals surface area contributed by atoms with E-state index < -0.39 is 147 Å². The highest BCUT2D eigenvalue weighted by Gasteiger charge is 2.52. The first-order valence-electron chi connectivity index (χ1n) is 22.9. The molecule has 0 aromatic carbocycles. The molecule has 0 unspecified atom stereocenters. The molecule has 21 nitrogen and oxygen atoms in total. The summed E-state index contributed by atoms with van der Waals surface area (Å²) in [5, 5.41) is 20.8. The summed E-state index contributed by atoms with van der Waals surface area (Å²) >= 11 is 0. The fourth-order valence-corrected chi connectivity index (χ4v) is 10.0. The van der Waals surface area contributed by atoms with Crippen molar-refractivity contribution in [1.29, 1.82) is 0 Å². The van der Waals surface area contributed by atoms with E-state index in [1.165, 1.54) is 14.0 Å². The van der Waals surface area contributed by atoms with Crippen molar-refractivity contribution in [3.05, 3.63) is 0 Å². The zero-order valence-electron chi connectivity index (χ0n) is 40.1. The molecular formula is C44H76O21. The van der Waals surface area contributed by atoms with Gasteiger partial charge in [0.25, 0.3) is 0 Å². The number of hydrogen-bond donors (Lipinski definition) is 2. The van der Waals surface area contributed by atoms with E-state index in [4.69, 9.17) is 85.3 Å². The summed E-state index contributed by atoms with van der Waals surface area (Å²) in [6, 6.07) is 0. The van der Waals surface area contributed by atoms with Gasteiger partial charge in [-0.05, 0) is 41.5 Å². The van der Waals surface area contributed by atoms with Crippen LogP contribution in [0.15, 0.2) is 0 Å². The SMILES string of the molecule is CO[C@H]1[C@@H](O)[C@@H](C)O[C@@H](O[C@H]2[C@@H](OC)C[C@H](O[C@H]3[C@@H](OC)C[C@H](O[C@H]4[C@@H](OC)C[C@H](O[C@H]5[C@@H](OC)C[C@H](O[C@H]6[C@@H](OC)C[C@H](O)O[C@@H]6C)O[C@@H]5C)O[C@@H]4C)O[C@@H]3C)O[C@@H]2C)[C@@H]1OC(C)=O. The third kappa shape index (κ3) is 12.7. The van der Waals surface area contributed by atoms with Crippen molar-refractivity contribution in [2.75, 3.05) is 42.7 Å². The molecule has 0 aromatic heterocycles. The zero-order valence-corrected chi connectivity index (χ0v) is 40.1. The number of carbonyl (C=O) groups excluding carboxylic acids is 1. The van der Waals surface area contributed by atoms with Crippen LogP contribution in [0.25, 0.3) is 0 Å². The van der Waals surface area contributed by atoms with Crippen molar-refractivity contribution in [3.63, 3.8) is 0 Å². The zero-order chi connectivity index (χ0) is 47.3. The Bertz CT molecular complexity index is 1450. The van der Waals surface area contributed by atoms with E-state index in [2.05, 4.69) is 0 Å². The lowest BCUT2D eigenvalue weighted by molar-refractivity contribution is -0.359. The third-order valence-electron chi connectivity index (χ3n) is 13.5. The molecule has 0 aliphatic carbocycles. The summed E-state index contributed by atoms with van der Waals surface area (Å²) < 4.78 is 110. The molecule has 378 valence electrons. The molecular weight excluding hydrogens is 864 g/mol. The first-order chi connectivity index (χ1) is 31.0. The molecule has 65 heavy (non-hydrogen) atoms. The van der Waals surface area contributed by atoms with E-state index in [0.717, 1.165) is 0 Å². The van der Waals surface area contributed by atoms with Gasteiger partial charge in [0.2, 0.25) is 0 Å². The quantitative estimate of drug-likeness (QED) is 0.198. The highest BCUT2D eigenvalue weighted by atomic mass is 16.8. The van der Waals surface area contributed by atoms with E-state index in [-0.39, 0.29) is 18.6 Å². The average molecular weight is 941 g/mol. The van der Waals surface area contributed by atoms with Crippen LogP contribution in [-0.4, -0.2) is 213 Å². The monoisotopic (exact) mass is 940 g/mol. The predicted molar refractivity (Wildman–Crippen MR) is 222 cm³/mol. The Hall–Kier alpha value is -1.29. The summed E-state index contributed by atoms with van der Waals surface area (Å²) in [5.74, 6) is -0.571. The lowest BCUT2D eigenvalue weighted by atomic mass is 9.97. The maximum absolute atomic E-state index is 12.0. The highest BCUT2D eigenvalue weighted by molar-refractivity contribution is 5.66. The minimum absolute atomic E-state index is 0.290. The molecule has 0 radical (unpaired) electrons. The Morgan fingerprint density at radius 1 is 0.400 bits per heavy atom. The van der Waals surface area contributed by atoms with Crippen LogP contribution in [-0.2, 0) is 90.1 Å². The smallest absolute Gasteiger partial charge is 0.303 e. The van der Waals surface area contributed by atoms with Crippen LogP contribution < -0.4 is 0 Å². The topological polar surface area (TPSA) is 224 Å². The molecule has 25 atom stereocenters. The van der Waals surface area contributed by atoms with E-state index in [9.17, 15) is 15.0 Å². The number of aliphatic hydroxyl groups is 2. The van der Waals surface area contributed by atoms with Crippen molar-refractivity contribution in [3.8, 4) is 0 Å². The Balaban J connectivity index is 1.01. The second kappa shape index (κ2) is 24.0. The average Bonchev–Trinajstić information content (AvgIpc) is 3.26. The second-order valence-corrected chi connectivity index (χ2v) is 17.9. The Morgan fingerprint density at radius 2 is 0.723 bits per heavy atom. The number of hydrogen-bond acceptors (Lipinski definition) is 21. The predicted octanol–water partition coefficient (Wildman–Crippen LogP) is 1.71. The van der Waals surface area contributed by atoms with E-state index in [1.54, 1.807) is 42.5 Å². The lowest BCUT2D eigenvalue weighted by Gasteiger charge is -2.48. The van der Waals surface area contributed by atoms with Crippen LogP contribution >= 0.6 is 0 Å². The third-order valence-corrected chi connectivity index (χ3v) is 13.5. The van der Waals surface area contributed by atoms with Crippen molar-refractivity contribution < 1.29 is 100 Å². The van der Waals surface area contributed by atoms with Gasteiger partial charge < -0.3 is 95.5 Å². The summed E-state index contributed by atoms with van der Waals surface area (Å²) in [5.41, 5.74) is 0. The molecule has 6 fully saturated rings. The normalized spacial score (nSPS) is 48.8. The van der Waals surface area contributed by atoms with Crippen molar-refractivity contribution in [2.45, 2.75) is 234 Å². The number of methoxy groups -OCH3 is 6. The molecule has 0 saturated carbocycles. The first kappa shape index (κ1) is 53.1. The van der Waals surface area contributed by atoms with Gasteiger partial charge in [0.1, 0.15) is 42.7 Å². The summed E-state index contributed by atoms with van der Waals surface area (Å²) in [4.78, 5) is 12.0. The van der Waals surface area contributed by atoms with Crippen molar-refractivity contribution in [1.82, 2.24) is 0 Å². The second-order valence-electron chi connectivity index (χ2n) is 17.9. The minimum atomic E-state index is -1.06. The van der Waals surface area contributed by atoms with Crippen LogP contribution in [0.5, 0.6) is 0 Å². The van der Waals surface area contributed by atoms with E-state index in [1.807, 2.05) is 34.6 Å². The molecule has 0 bridgehead atoms. The fraction of sp³-hybridized carbons (Fsp3) is 0.977. The maximum Gasteiger partial charge on any atom is 0.303 e. The highest BCUT2D eigenvalue weighted by Crippen LogP contribution is 2.38. The Labute approximate surface area is 382 Å². The van der Waals surface area contributed by atoms with Gasteiger partial charge in [0.15, 0.2) is 43.8 Å². The Kier molecular flexibility index (Phi) is 19.6. The molecule has 6 aliphatic rings. The van der Waals surface area contributed by atoms with Crippen molar-refractivity contribution in [2.24, 2.45) is 0 Å². The fourth-order valence-electron chi connectivity index (χ4n) is 10.0. The molecule has 6 heterocycles. The summed E-state index contributed by atoms with van der Waals surface area (Å²) in [6.45, 7) is 12.3. The van der Waals surface area contributed by atoms with Crippen LogP contribution in [0.4, 0.5) is 0 Å². The van der Waals surface area contributed by atoms with Crippen LogP contribution in [0.2, 0.25) is 0 Å². The van der Waals surface area contributed by atoms with Gasteiger partial charge in [-0.25, -0.2) is 0 Å². The first-order valence-corrected chi connectivity index (χ1v) is 22.9. The van der Waals surface area contributed by atoms with Gasteiger partial charge in [0.05, 0.1) is 67.1 Å². The van der Waals surface area contributed by atoms with Gasteiger partial charge in [-0.1, -0.05) is 0 Å². The van der Waals surface area contributed by atoms with Gasteiger partial charge >= 0.3 is 5.97 Å². The van der Waals surface area contributed by atoms with Gasteiger partial charge in [-0.3, -0.25) is 4.79 Å². The standard InChI is InChI=1S/C44H76O21/c1-19-36(47)42(53-13)43(60-25(7)45)44(59-19)65-41-24(6)58-35(18-30(41)52-12)64-40-23(5)57-34(17-29(40)51-11)63-39-22(4)56-33(16-28(39)50-10)62-38-21(3)55-32(15-27(38)49-9)61-37-20(2)54-31(46)14-26(37)48-8/h19-24,26-44,46-47H,14-18H2,1-13H3/t19-,20-,21-,22-,23-,24-,26+,27+,28+,29+,30+,31-,32+,33+,34+,35+,36+,37-,38-,39-,40-,41-,42+,43-,44+/m1/s1.